The molecule has 0 bridgehead atoms. The lowest BCUT2D eigenvalue weighted by Crippen LogP contribution is -2.31. The summed E-state index contributed by atoms with van der Waals surface area (Å²) in [5.41, 5.74) is -0.279. The quantitative estimate of drug-likeness (QED) is 0.894. The molecular formula is C12H10ClF2N3O3S. The van der Waals surface area contributed by atoms with E-state index < -0.39 is 28.9 Å². The molecule has 118 valence electrons. The molecule has 0 unspecified atom stereocenters. The van der Waals surface area contributed by atoms with E-state index in [2.05, 4.69) is 5.10 Å². The van der Waals surface area contributed by atoms with Crippen LogP contribution in [0.2, 0.25) is 5.02 Å². The van der Waals surface area contributed by atoms with Crippen LogP contribution in [0, 0.1) is 0 Å². The number of alkyl halides is 2. The maximum absolute atomic E-state index is 12.2. The summed E-state index contributed by atoms with van der Waals surface area (Å²) in [6.45, 7) is -0.683. The number of nitrogens with zero attached hydrogens (tertiary/aromatic N) is 2. The van der Waals surface area contributed by atoms with E-state index in [0.717, 1.165) is 16.9 Å². The number of rotatable bonds is 5. The SMILES string of the molecule is O=C(NS(=O)(=O)c1ccc(Cl)cc1)c1ccn(CC(F)F)n1. The smallest absolute Gasteiger partial charge is 0.266 e. The number of benzene rings is 1. The molecule has 2 aromatic rings. The summed E-state index contributed by atoms with van der Waals surface area (Å²) >= 11 is 5.65. The van der Waals surface area contributed by atoms with Gasteiger partial charge in [0.05, 0.1) is 4.90 Å². The van der Waals surface area contributed by atoms with Gasteiger partial charge in [0.15, 0.2) is 5.69 Å². The van der Waals surface area contributed by atoms with Crippen molar-refractivity contribution in [1.82, 2.24) is 14.5 Å². The molecular weight excluding hydrogens is 340 g/mol. The third-order valence-electron chi connectivity index (χ3n) is 2.55. The van der Waals surface area contributed by atoms with Crippen LogP contribution in [0.15, 0.2) is 41.4 Å². The fraction of sp³-hybridized carbons (Fsp3) is 0.167. The molecule has 0 radical (unpaired) electrons. The van der Waals surface area contributed by atoms with Crippen molar-refractivity contribution in [2.45, 2.75) is 17.9 Å². The number of amides is 1. The highest BCUT2D eigenvalue weighted by Crippen LogP contribution is 2.14. The molecule has 0 atom stereocenters. The number of carbonyl (C=O) groups is 1. The molecule has 6 nitrogen and oxygen atoms in total. The Morgan fingerprint density at radius 1 is 1.27 bits per heavy atom. The number of hydrogen-bond donors (Lipinski definition) is 1. The summed E-state index contributed by atoms with van der Waals surface area (Å²) in [7, 11) is -4.09. The van der Waals surface area contributed by atoms with Gasteiger partial charge in [0, 0.05) is 11.2 Å². The Labute approximate surface area is 129 Å². The van der Waals surface area contributed by atoms with Crippen molar-refractivity contribution in [2.24, 2.45) is 0 Å². The standard InChI is InChI=1S/C12H10ClF2N3O3S/c13-8-1-3-9(4-2-8)22(20,21)17-12(19)10-5-6-18(16-10)7-11(14)15/h1-6,11H,7H2,(H,17,19). The number of sulfonamides is 1. The van der Waals surface area contributed by atoms with Crippen molar-refractivity contribution in [3.63, 3.8) is 0 Å². The van der Waals surface area contributed by atoms with Crippen LogP contribution in [0.5, 0.6) is 0 Å². The maximum Gasteiger partial charge on any atom is 0.285 e. The summed E-state index contributed by atoms with van der Waals surface area (Å²) in [4.78, 5) is 11.7. The second kappa shape index (κ2) is 6.41. The highest BCUT2D eigenvalue weighted by Gasteiger charge is 2.20. The van der Waals surface area contributed by atoms with Gasteiger partial charge in [0.1, 0.15) is 6.54 Å². The molecule has 1 N–H and O–H groups in total. The van der Waals surface area contributed by atoms with Gasteiger partial charge in [-0.05, 0) is 30.3 Å². The van der Waals surface area contributed by atoms with Gasteiger partial charge in [-0.3, -0.25) is 9.48 Å². The average Bonchev–Trinajstić information content (AvgIpc) is 2.86. The first kappa shape index (κ1) is 16.4. The van der Waals surface area contributed by atoms with E-state index >= 15 is 0 Å². The van der Waals surface area contributed by atoms with Crippen LogP contribution in [0.1, 0.15) is 10.5 Å². The molecule has 10 heteroatoms. The number of hydrogen-bond acceptors (Lipinski definition) is 4. The van der Waals surface area contributed by atoms with Crippen LogP contribution in [-0.4, -0.2) is 30.5 Å². The fourth-order valence-corrected chi connectivity index (χ4v) is 2.66. The molecule has 1 aromatic carbocycles. The van der Waals surface area contributed by atoms with Gasteiger partial charge in [0.25, 0.3) is 22.4 Å². The monoisotopic (exact) mass is 349 g/mol. The van der Waals surface area contributed by atoms with E-state index in [1.165, 1.54) is 24.3 Å². The van der Waals surface area contributed by atoms with Crippen molar-refractivity contribution >= 4 is 27.5 Å². The van der Waals surface area contributed by atoms with Crippen LogP contribution in [-0.2, 0) is 16.6 Å². The molecule has 2 rings (SSSR count). The van der Waals surface area contributed by atoms with Gasteiger partial charge in [-0.25, -0.2) is 21.9 Å². The first-order chi connectivity index (χ1) is 10.3. The second-order valence-electron chi connectivity index (χ2n) is 4.20. The minimum atomic E-state index is -4.09. The highest BCUT2D eigenvalue weighted by atomic mass is 35.5. The van der Waals surface area contributed by atoms with E-state index in [0.29, 0.717) is 5.02 Å². The summed E-state index contributed by atoms with van der Waals surface area (Å²) < 4.78 is 51.0. The minimum absolute atomic E-state index is 0.155. The molecule has 0 saturated heterocycles. The van der Waals surface area contributed by atoms with Crippen LogP contribution in [0.4, 0.5) is 8.78 Å². The van der Waals surface area contributed by atoms with E-state index in [4.69, 9.17) is 11.6 Å². The summed E-state index contributed by atoms with van der Waals surface area (Å²) in [6.07, 6.45) is -1.47. The summed E-state index contributed by atoms with van der Waals surface area (Å²) in [6, 6.07) is 6.33. The van der Waals surface area contributed by atoms with Crippen molar-refractivity contribution in [2.75, 3.05) is 0 Å². The predicted octanol–water partition coefficient (Wildman–Crippen LogP) is 1.92. The largest absolute Gasteiger partial charge is 0.285 e. The summed E-state index contributed by atoms with van der Waals surface area (Å²) in [5, 5.41) is 3.92. The minimum Gasteiger partial charge on any atom is -0.266 e. The van der Waals surface area contributed by atoms with Gasteiger partial charge < -0.3 is 0 Å². The summed E-state index contributed by atoms with van der Waals surface area (Å²) in [5.74, 6) is -1.01. The molecule has 0 aliphatic carbocycles. The third kappa shape index (κ3) is 4.01. The Morgan fingerprint density at radius 2 is 1.91 bits per heavy atom. The highest BCUT2D eigenvalue weighted by molar-refractivity contribution is 7.90. The first-order valence-electron chi connectivity index (χ1n) is 5.92. The zero-order valence-electron chi connectivity index (χ0n) is 10.9. The predicted molar refractivity (Wildman–Crippen MR) is 74.3 cm³/mol. The lowest BCUT2D eigenvalue weighted by Gasteiger charge is -2.05. The Balaban J connectivity index is 2.13. The van der Waals surface area contributed by atoms with Crippen molar-refractivity contribution in [1.29, 1.82) is 0 Å². The Morgan fingerprint density at radius 3 is 2.50 bits per heavy atom. The van der Waals surface area contributed by atoms with E-state index in [1.807, 2.05) is 0 Å². The van der Waals surface area contributed by atoms with Gasteiger partial charge in [-0.2, -0.15) is 5.10 Å². The zero-order valence-corrected chi connectivity index (χ0v) is 12.5. The van der Waals surface area contributed by atoms with E-state index in [9.17, 15) is 22.0 Å². The van der Waals surface area contributed by atoms with Crippen molar-refractivity contribution in [3.8, 4) is 0 Å². The third-order valence-corrected chi connectivity index (χ3v) is 4.15. The number of carbonyl (C=O) groups excluding carboxylic acids is 1. The Bertz CT molecular complexity index is 775. The normalized spacial score (nSPS) is 11.6. The van der Waals surface area contributed by atoms with Gasteiger partial charge in [-0.1, -0.05) is 11.6 Å². The maximum atomic E-state index is 12.2. The number of aromatic nitrogens is 2. The van der Waals surface area contributed by atoms with Crippen molar-refractivity contribution < 1.29 is 22.0 Å². The van der Waals surface area contributed by atoms with Crippen LogP contribution >= 0.6 is 11.6 Å². The van der Waals surface area contributed by atoms with Gasteiger partial charge in [-0.15, -0.1) is 0 Å². The lowest BCUT2D eigenvalue weighted by atomic mass is 10.4. The number of halogens is 3. The Kier molecular flexibility index (Phi) is 4.77. The molecule has 0 spiro atoms. The van der Waals surface area contributed by atoms with Crippen LogP contribution in [0.3, 0.4) is 0 Å². The molecule has 1 heterocycles. The van der Waals surface area contributed by atoms with Gasteiger partial charge >= 0.3 is 0 Å². The molecule has 22 heavy (non-hydrogen) atoms. The number of nitrogens with one attached hydrogen (secondary N) is 1. The molecule has 0 fully saturated rings. The molecule has 0 aliphatic rings. The van der Waals surface area contributed by atoms with E-state index in [1.54, 1.807) is 4.72 Å². The van der Waals surface area contributed by atoms with E-state index in [-0.39, 0.29) is 10.6 Å². The lowest BCUT2D eigenvalue weighted by molar-refractivity contribution is 0.0970. The molecule has 0 aliphatic heterocycles. The Hall–Kier alpha value is -2.00. The van der Waals surface area contributed by atoms with Crippen LogP contribution in [0.25, 0.3) is 0 Å². The van der Waals surface area contributed by atoms with Gasteiger partial charge in [0.2, 0.25) is 0 Å². The average molecular weight is 350 g/mol. The zero-order chi connectivity index (χ0) is 16.3. The first-order valence-corrected chi connectivity index (χ1v) is 7.78. The fourth-order valence-electron chi connectivity index (χ4n) is 1.57. The van der Waals surface area contributed by atoms with Crippen molar-refractivity contribution in [3.05, 3.63) is 47.2 Å². The molecule has 1 aromatic heterocycles. The topological polar surface area (TPSA) is 81.1 Å². The van der Waals surface area contributed by atoms with Crippen LogP contribution < -0.4 is 4.72 Å². The second-order valence-corrected chi connectivity index (χ2v) is 6.32. The molecule has 1 amide bonds. The molecule has 0 saturated carbocycles.